The normalized spacial score (nSPS) is 9.33. The predicted octanol–water partition coefficient (Wildman–Crippen LogP) is 1.57. The smallest absolute Gasteiger partial charge is 0.322 e. The highest BCUT2D eigenvalue weighted by molar-refractivity contribution is 5.89. The highest BCUT2D eigenvalue weighted by atomic mass is 16.3. The van der Waals surface area contributed by atoms with Crippen LogP contribution in [0.2, 0.25) is 0 Å². The average molecular weight is 245 g/mol. The van der Waals surface area contributed by atoms with Crippen molar-refractivity contribution in [2.45, 2.75) is 0 Å². The maximum absolute atomic E-state index is 11.9. The van der Waals surface area contributed by atoms with Gasteiger partial charge in [0.05, 0.1) is 18.2 Å². The molecule has 0 bridgehead atoms. The maximum atomic E-state index is 11.9. The molecule has 5 heteroatoms. The summed E-state index contributed by atoms with van der Waals surface area (Å²) in [6, 6.07) is 8.30. The summed E-state index contributed by atoms with van der Waals surface area (Å²) < 4.78 is 0. The molecule has 0 saturated heterocycles. The number of anilines is 1. The van der Waals surface area contributed by atoms with E-state index in [0.717, 1.165) is 0 Å². The maximum Gasteiger partial charge on any atom is 0.322 e. The number of hydrogen-bond acceptors (Lipinski definition) is 3. The number of hydrogen-bond donors (Lipinski definition) is 2. The van der Waals surface area contributed by atoms with Crippen LogP contribution in [-0.2, 0) is 0 Å². The van der Waals surface area contributed by atoms with E-state index in [1.54, 1.807) is 30.3 Å². The van der Waals surface area contributed by atoms with Gasteiger partial charge in [-0.2, -0.15) is 5.26 Å². The summed E-state index contributed by atoms with van der Waals surface area (Å²) in [7, 11) is 0. The number of nitriles is 1. The molecule has 1 aromatic carbocycles. The molecule has 0 saturated carbocycles. The Bertz CT molecular complexity index is 466. The van der Waals surface area contributed by atoms with Gasteiger partial charge >= 0.3 is 6.03 Å². The van der Waals surface area contributed by atoms with E-state index < -0.39 is 0 Å². The summed E-state index contributed by atoms with van der Waals surface area (Å²) in [6.07, 6.45) is 1.58. The highest BCUT2D eigenvalue weighted by Gasteiger charge is 2.11. The molecule has 0 aliphatic heterocycles. The molecule has 2 N–H and O–H groups in total. The third kappa shape index (κ3) is 3.92. The Kier molecular flexibility index (Phi) is 5.42. The van der Waals surface area contributed by atoms with Crippen molar-refractivity contribution in [1.82, 2.24) is 4.90 Å². The van der Waals surface area contributed by atoms with Gasteiger partial charge in [-0.05, 0) is 18.2 Å². The molecule has 5 nitrogen and oxygen atoms in total. The number of rotatable bonds is 5. The fourth-order valence-electron chi connectivity index (χ4n) is 1.42. The van der Waals surface area contributed by atoms with Crippen LogP contribution in [-0.4, -0.2) is 35.7 Å². The van der Waals surface area contributed by atoms with Crippen molar-refractivity contribution in [1.29, 1.82) is 5.26 Å². The average Bonchev–Trinajstić information content (AvgIpc) is 2.38. The molecule has 0 heterocycles. The Morgan fingerprint density at radius 2 is 2.39 bits per heavy atom. The Hall–Kier alpha value is -2.32. The molecule has 0 fully saturated rings. The molecule has 0 unspecified atom stereocenters. The number of nitrogens with zero attached hydrogens (tertiary/aromatic N) is 2. The van der Waals surface area contributed by atoms with Crippen molar-refractivity contribution >= 4 is 11.7 Å². The summed E-state index contributed by atoms with van der Waals surface area (Å²) >= 11 is 0. The second-order valence-corrected chi connectivity index (χ2v) is 3.58. The lowest BCUT2D eigenvalue weighted by atomic mass is 10.2. The van der Waals surface area contributed by atoms with E-state index in [9.17, 15) is 4.79 Å². The standard InChI is InChI=1S/C13H15N3O2/c1-2-6-16(7-8-17)13(18)15-12-5-3-4-11(9-12)10-14/h2-5,9,17H,1,6-8H2,(H,15,18). The van der Waals surface area contributed by atoms with Crippen molar-refractivity contribution in [3.8, 4) is 6.07 Å². The summed E-state index contributed by atoms with van der Waals surface area (Å²) in [6.45, 7) is 4.03. The first-order chi connectivity index (χ1) is 8.71. The number of amides is 2. The monoisotopic (exact) mass is 245 g/mol. The lowest BCUT2D eigenvalue weighted by Crippen LogP contribution is -2.37. The molecule has 94 valence electrons. The SMILES string of the molecule is C=CCN(CCO)C(=O)Nc1cccc(C#N)c1. The Balaban J connectivity index is 2.72. The number of carbonyl (C=O) groups excluding carboxylic acids is 1. The molecule has 0 radical (unpaired) electrons. The van der Waals surface area contributed by atoms with Gasteiger partial charge in [-0.3, -0.25) is 0 Å². The number of benzene rings is 1. The minimum absolute atomic E-state index is 0.112. The van der Waals surface area contributed by atoms with Gasteiger partial charge in [-0.25, -0.2) is 4.79 Å². The largest absolute Gasteiger partial charge is 0.395 e. The first-order valence-corrected chi connectivity index (χ1v) is 5.49. The van der Waals surface area contributed by atoms with Crippen molar-refractivity contribution in [3.05, 3.63) is 42.5 Å². The number of aliphatic hydroxyl groups is 1. The van der Waals surface area contributed by atoms with E-state index in [2.05, 4.69) is 11.9 Å². The highest BCUT2D eigenvalue weighted by Crippen LogP contribution is 2.10. The number of urea groups is 1. The number of aliphatic hydroxyl groups excluding tert-OH is 1. The summed E-state index contributed by atoms with van der Waals surface area (Å²) in [5, 5.41) is 20.3. The van der Waals surface area contributed by atoms with Gasteiger partial charge in [0.25, 0.3) is 0 Å². The van der Waals surface area contributed by atoms with E-state index in [0.29, 0.717) is 17.8 Å². The van der Waals surface area contributed by atoms with E-state index in [1.165, 1.54) is 4.90 Å². The van der Waals surface area contributed by atoms with Gasteiger partial charge in [-0.15, -0.1) is 6.58 Å². The van der Waals surface area contributed by atoms with Gasteiger partial charge < -0.3 is 15.3 Å². The molecule has 18 heavy (non-hydrogen) atoms. The first kappa shape index (κ1) is 13.7. The summed E-state index contributed by atoms with van der Waals surface area (Å²) in [5.74, 6) is 0. The molecule has 0 atom stereocenters. The van der Waals surface area contributed by atoms with Crippen molar-refractivity contribution < 1.29 is 9.90 Å². The number of nitrogens with one attached hydrogen (secondary N) is 1. The van der Waals surface area contributed by atoms with Crippen LogP contribution in [0.3, 0.4) is 0 Å². The fraction of sp³-hybridized carbons (Fsp3) is 0.231. The minimum atomic E-state index is -0.334. The first-order valence-electron chi connectivity index (χ1n) is 5.49. The van der Waals surface area contributed by atoms with Crippen molar-refractivity contribution in [3.63, 3.8) is 0 Å². The predicted molar refractivity (Wildman–Crippen MR) is 69.0 cm³/mol. The van der Waals surface area contributed by atoms with Crippen LogP contribution in [0.25, 0.3) is 0 Å². The lowest BCUT2D eigenvalue weighted by Gasteiger charge is -2.20. The Labute approximate surface area is 106 Å². The van der Waals surface area contributed by atoms with E-state index in [4.69, 9.17) is 10.4 Å². The third-order valence-electron chi connectivity index (χ3n) is 2.25. The molecule has 0 spiro atoms. The zero-order valence-electron chi connectivity index (χ0n) is 9.97. The quantitative estimate of drug-likeness (QED) is 0.773. The molecule has 2 amide bonds. The van der Waals surface area contributed by atoms with Gasteiger partial charge in [0.2, 0.25) is 0 Å². The van der Waals surface area contributed by atoms with Crippen LogP contribution in [0, 0.1) is 11.3 Å². The molecular formula is C13H15N3O2. The molecule has 0 aliphatic rings. The van der Waals surface area contributed by atoms with Crippen LogP contribution in [0.4, 0.5) is 10.5 Å². The Morgan fingerprint density at radius 1 is 1.61 bits per heavy atom. The van der Waals surface area contributed by atoms with E-state index in [1.807, 2.05) is 6.07 Å². The number of carbonyl (C=O) groups is 1. The third-order valence-corrected chi connectivity index (χ3v) is 2.25. The van der Waals surface area contributed by atoms with Crippen molar-refractivity contribution in [2.24, 2.45) is 0 Å². The van der Waals surface area contributed by atoms with Crippen LogP contribution >= 0.6 is 0 Å². The second-order valence-electron chi connectivity index (χ2n) is 3.58. The fourth-order valence-corrected chi connectivity index (χ4v) is 1.42. The van der Waals surface area contributed by atoms with Gasteiger partial charge in [0.15, 0.2) is 0 Å². The molecule has 0 aromatic heterocycles. The van der Waals surface area contributed by atoms with Gasteiger partial charge in [0, 0.05) is 18.8 Å². The topological polar surface area (TPSA) is 76.4 Å². The Morgan fingerprint density at radius 3 is 3.00 bits per heavy atom. The van der Waals surface area contributed by atoms with Crippen LogP contribution in [0.5, 0.6) is 0 Å². The lowest BCUT2D eigenvalue weighted by molar-refractivity contribution is 0.195. The van der Waals surface area contributed by atoms with Gasteiger partial charge in [0.1, 0.15) is 0 Å². The van der Waals surface area contributed by atoms with Crippen LogP contribution in [0.15, 0.2) is 36.9 Å². The zero-order chi connectivity index (χ0) is 13.4. The second kappa shape index (κ2) is 7.09. The molecule has 0 aliphatic carbocycles. The molecule has 1 aromatic rings. The van der Waals surface area contributed by atoms with Crippen LogP contribution < -0.4 is 5.32 Å². The van der Waals surface area contributed by atoms with E-state index >= 15 is 0 Å². The summed E-state index contributed by atoms with van der Waals surface area (Å²) in [5.41, 5.74) is 1.02. The zero-order valence-corrected chi connectivity index (χ0v) is 9.97. The van der Waals surface area contributed by atoms with E-state index in [-0.39, 0.29) is 19.2 Å². The summed E-state index contributed by atoms with van der Waals surface area (Å²) in [4.78, 5) is 13.3. The van der Waals surface area contributed by atoms with Gasteiger partial charge in [-0.1, -0.05) is 12.1 Å². The van der Waals surface area contributed by atoms with Crippen molar-refractivity contribution in [2.75, 3.05) is 25.0 Å². The molecular weight excluding hydrogens is 230 g/mol. The molecule has 1 rings (SSSR count). The van der Waals surface area contributed by atoms with Crippen LogP contribution in [0.1, 0.15) is 5.56 Å². The minimum Gasteiger partial charge on any atom is -0.395 e.